The second kappa shape index (κ2) is 8.71. The molecule has 0 radical (unpaired) electrons. The third-order valence-corrected chi connectivity index (χ3v) is 9.86. The van der Waals surface area contributed by atoms with Crippen molar-refractivity contribution in [2.24, 2.45) is 0 Å². The third-order valence-electron chi connectivity index (χ3n) is 4.74. The van der Waals surface area contributed by atoms with Gasteiger partial charge in [0.25, 0.3) is 8.32 Å². The number of esters is 1. The summed E-state index contributed by atoms with van der Waals surface area (Å²) in [4.78, 5) is 23.6. The molecule has 0 aliphatic heterocycles. The predicted octanol–water partition coefficient (Wildman–Crippen LogP) is 2.97. The van der Waals surface area contributed by atoms with Gasteiger partial charge in [-0.3, -0.25) is 0 Å². The SMILES string of the molecule is C[C@H](O[Si](c1ccccc1)(c1ccccc1)C(C)(C)C)C(=O)O[C@H](C)C(=O)O. The molecule has 0 aromatic heterocycles. The highest BCUT2D eigenvalue weighted by Gasteiger charge is 2.52. The maximum absolute atomic E-state index is 12.5. The molecule has 2 aromatic carbocycles. The van der Waals surface area contributed by atoms with Crippen LogP contribution in [0.25, 0.3) is 0 Å². The van der Waals surface area contributed by atoms with Gasteiger partial charge in [0.05, 0.1) is 0 Å². The highest BCUT2D eigenvalue weighted by atomic mass is 28.4. The lowest BCUT2D eigenvalue weighted by atomic mass is 10.2. The van der Waals surface area contributed by atoms with E-state index in [0.717, 1.165) is 10.4 Å². The summed E-state index contributed by atoms with van der Waals surface area (Å²) in [5, 5.41) is 10.8. The summed E-state index contributed by atoms with van der Waals surface area (Å²) in [6, 6.07) is 19.9. The molecule has 0 aliphatic carbocycles. The van der Waals surface area contributed by atoms with Crippen molar-refractivity contribution in [3.05, 3.63) is 60.7 Å². The quantitative estimate of drug-likeness (QED) is 0.571. The number of carboxylic acids is 1. The van der Waals surface area contributed by atoms with Gasteiger partial charge >= 0.3 is 11.9 Å². The maximum Gasteiger partial charge on any atom is 0.344 e. The second-order valence-corrected chi connectivity index (χ2v) is 12.1. The van der Waals surface area contributed by atoms with Crippen molar-refractivity contribution in [2.45, 2.75) is 51.9 Å². The van der Waals surface area contributed by atoms with E-state index in [2.05, 4.69) is 20.8 Å². The zero-order valence-electron chi connectivity index (χ0n) is 17.0. The molecule has 6 heteroatoms. The fourth-order valence-corrected chi connectivity index (χ4v) is 7.97. The monoisotopic (exact) mass is 400 g/mol. The summed E-state index contributed by atoms with van der Waals surface area (Å²) in [6.07, 6.45) is -2.13. The Morgan fingerprint density at radius 1 is 0.857 bits per heavy atom. The van der Waals surface area contributed by atoms with Crippen LogP contribution in [0.3, 0.4) is 0 Å². The minimum Gasteiger partial charge on any atom is -0.479 e. The number of carboxylic acid groups (broad SMARTS) is 1. The first-order valence-corrected chi connectivity index (χ1v) is 11.2. The molecule has 5 nitrogen and oxygen atoms in total. The first-order valence-electron chi connectivity index (χ1n) is 9.31. The van der Waals surface area contributed by atoms with Crippen molar-refractivity contribution in [3.8, 4) is 0 Å². The minimum atomic E-state index is -2.90. The number of ether oxygens (including phenoxy) is 1. The van der Waals surface area contributed by atoms with Gasteiger partial charge in [-0.25, -0.2) is 9.59 Å². The van der Waals surface area contributed by atoms with Crippen molar-refractivity contribution in [1.29, 1.82) is 0 Å². The predicted molar refractivity (Wildman–Crippen MR) is 111 cm³/mol. The number of aliphatic carboxylic acids is 1. The van der Waals surface area contributed by atoms with Crippen molar-refractivity contribution in [1.82, 2.24) is 0 Å². The van der Waals surface area contributed by atoms with Crippen LogP contribution in [-0.2, 0) is 18.8 Å². The lowest BCUT2D eigenvalue weighted by Gasteiger charge is -2.44. The lowest BCUT2D eigenvalue weighted by Crippen LogP contribution is -2.68. The molecule has 0 heterocycles. The Hall–Kier alpha value is -2.44. The van der Waals surface area contributed by atoms with Crippen LogP contribution in [0, 0.1) is 0 Å². The zero-order valence-corrected chi connectivity index (χ0v) is 18.0. The van der Waals surface area contributed by atoms with E-state index >= 15 is 0 Å². The van der Waals surface area contributed by atoms with Gasteiger partial charge in [0.2, 0.25) is 0 Å². The molecule has 2 atom stereocenters. The molecule has 0 saturated heterocycles. The van der Waals surface area contributed by atoms with E-state index in [1.165, 1.54) is 6.92 Å². The highest BCUT2D eigenvalue weighted by Crippen LogP contribution is 2.37. The highest BCUT2D eigenvalue weighted by molar-refractivity contribution is 6.99. The Morgan fingerprint density at radius 2 is 1.29 bits per heavy atom. The van der Waals surface area contributed by atoms with Gasteiger partial charge in [0.15, 0.2) is 6.10 Å². The molecule has 150 valence electrons. The molecule has 0 unspecified atom stereocenters. The smallest absolute Gasteiger partial charge is 0.344 e. The van der Waals surface area contributed by atoms with Gasteiger partial charge < -0.3 is 14.3 Å². The molecule has 2 rings (SSSR count). The van der Waals surface area contributed by atoms with Crippen LogP contribution in [-0.4, -0.2) is 37.6 Å². The van der Waals surface area contributed by atoms with Crippen LogP contribution in [0.1, 0.15) is 34.6 Å². The Kier molecular flexibility index (Phi) is 6.80. The van der Waals surface area contributed by atoms with Crippen LogP contribution in [0.2, 0.25) is 5.04 Å². The topological polar surface area (TPSA) is 72.8 Å². The molecular formula is C22H28O5Si. The molecule has 0 saturated carbocycles. The molecule has 0 bridgehead atoms. The fraction of sp³-hybridized carbons (Fsp3) is 0.364. The molecule has 1 N–H and O–H groups in total. The van der Waals surface area contributed by atoms with Crippen molar-refractivity contribution in [2.75, 3.05) is 0 Å². The number of carbonyl (C=O) groups excluding carboxylic acids is 1. The first-order chi connectivity index (χ1) is 13.1. The number of hydrogen-bond acceptors (Lipinski definition) is 4. The van der Waals surface area contributed by atoms with Crippen LogP contribution in [0.4, 0.5) is 0 Å². The van der Waals surface area contributed by atoms with E-state index in [1.54, 1.807) is 6.92 Å². The maximum atomic E-state index is 12.5. The summed E-state index contributed by atoms with van der Waals surface area (Å²) in [5.41, 5.74) is 0. The molecule has 0 aliphatic rings. The number of hydrogen-bond donors (Lipinski definition) is 1. The van der Waals surface area contributed by atoms with Crippen molar-refractivity contribution in [3.63, 3.8) is 0 Å². The summed E-state index contributed by atoms with van der Waals surface area (Å²) in [7, 11) is -2.90. The molecule has 0 amide bonds. The average Bonchev–Trinajstić information content (AvgIpc) is 2.66. The Balaban J connectivity index is 2.53. The Labute approximate surface area is 167 Å². The summed E-state index contributed by atoms with van der Waals surface area (Å²) >= 11 is 0. The van der Waals surface area contributed by atoms with Gasteiger partial charge in [-0.1, -0.05) is 81.4 Å². The molecular weight excluding hydrogens is 372 g/mol. The lowest BCUT2D eigenvalue weighted by molar-refractivity contribution is -0.167. The van der Waals surface area contributed by atoms with Crippen LogP contribution >= 0.6 is 0 Å². The van der Waals surface area contributed by atoms with Crippen LogP contribution in [0.15, 0.2) is 60.7 Å². The molecule has 28 heavy (non-hydrogen) atoms. The van der Waals surface area contributed by atoms with E-state index in [4.69, 9.17) is 14.3 Å². The average molecular weight is 401 g/mol. The standard InChI is InChI=1S/C22H28O5Si/c1-16(20(23)24)26-21(25)17(2)27-28(22(3,4)5,18-12-8-6-9-13-18)19-14-10-7-11-15-19/h6-17H,1-5H3,(H,23,24)/t16-,17+/m1/s1. The number of carbonyl (C=O) groups is 2. The minimum absolute atomic E-state index is 0.289. The fourth-order valence-electron chi connectivity index (χ4n) is 3.33. The Bertz CT molecular complexity index is 759. The number of rotatable bonds is 7. The van der Waals surface area contributed by atoms with Crippen LogP contribution in [0.5, 0.6) is 0 Å². The van der Waals surface area contributed by atoms with Gasteiger partial charge in [-0.15, -0.1) is 0 Å². The van der Waals surface area contributed by atoms with Gasteiger partial charge in [-0.05, 0) is 29.3 Å². The van der Waals surface area contributed by atoms with Gasteiger partial charge in [-0.2, -0.15) is 0 Å². The molecule has 0 spiro atoms. The van der Waals surface area contributed by atoms with E-state index in [0.29, 0.717) is 0 Å². The van der Waals surface area contributed by atoms with Crippen molar-refractivity contribution < 1.29 is 23.9 Å². The van der Waals surface area contributed by atoms with Gasteiger partial charge in [0, 0.05) is 0 Å². The largest absolute Gasteiger partial charge is 0.479 e. The molecule has 0 fully saturated rings. The zero-order chi connectivity index (χ0) is 20.9. The molecule has 2 aromatic rings. The summed E-state index contributed by atoms with van der Waals surface area (Å²) < 4.78 is 11.7. The Morgan fingerprint density at radius 3 is 1.64 bits per heavy atom. The summed E-state index contributed by atoms with van der Waals surface area (Å²) in [5.74, 6) is -1.87. The number of benzene rings is 2. The van der Waals surface area contributed by atoms with E-state index in [1.807, 2.05) is 60.7 Å². The van der Waals surface area contributed by atoms with Crippen LogP contribution < -0.4 is 10.4 Å². The van der Waals surface area contributed by atoms with Crippen molar-refractivity contribution >= 4 is 30.6 Å². The normalized spacial score (nSPS) is 14.2. The third kappa shape index (κ3) is 4.51. The first kappa shape index (κ1) is 21.9. The summed E-state index contributed by atoms with van der Waals surface area (Å²) in [6.45, 7) is 9.28. The second-order valence-electron chi connectivity index (χ2n) is 7.84. The van der Waals surface area contributed by atoms with E-state index in [-0.39, 0.29) is 5.04 Å². The van der Waals surface area contributed by atoms with E-state index in [9.17, 15) is 9.59 Å². The van der Waals surface area contributed by atoms with E-state index < -0.39 is 32.5 Å². The van der Waals surface area contributed by atoms with Gasteiger partial charge in [0.1, 0.15) is 6.10 Å².